The molecule has 4 heteroatoms. The van der Waals surface area contributed by atoms with Crippen molar-refractivity contribution < 1.29 is 4.79 Å². The highest BCUT2D eigenvalue weighted by Crippen LogP contribution is 2.38. The fourth-order valence-electron chi connectivity index (χ4n) is 4.29. The van der Waals surface area contributed by atoms with E-state index in [1.54, 1.807) is 0 Å². The van der Waals surface area contributed by atoms with Crippen molar-refractivity contribution >= 4 is 5.91 Å². The Balaban J connectivity index is 1.29. The van der Waals surface area contributed by atoms with Gasteiger partial charge in [-0.1, -0.05) is 35.9 Å². The van der Waals surface area contributed by atoms with E-state index in [2.05, 4.69) is 40.3 Å². The molecule has 2 bridgehead atoms. The van der Waals surface area contributed by atoms with Crippen molar-refractivity contribution in [3.63, 3.8) is 0 Å². The zero-order chi connectivity index (χ0) is 17.2. The molecule has 4 nitrogen and oxygen atoms in total. The van der Waals surface area contributed by atoms with Crippen LogP contribution >= 0.6 is 0 Å². The highest BCUT2D eigenvalue weighted by Gasteiger charge is 2.44. The van der Waals surface area contributed by atoms with Crippen LogP contribution in [-0.2, 0) is 17.8 Å². The lowest BCUT2D eigenvalue weighted by molar-refractivity contribution is -0.121. The minimum Gasteiger partial charge on any atom is -0.353 e. The second kappa shape index (κ2) is 6.96. The molecule has 0 unspecified atom stereocenters. The smallest absolute Gasteiger partial charge is 0.224 e. The van der Waals surface area contributed by atoms with Gasteiger partial charge in [-0.3, -0.25) is 14.7 Å². The largest absolute Gasteiger partial charge is 0.353 e. The molecule has 2 aromatic rings. The average Bonchev–Trinajstić information content (AvgIpc) is 3.18. The maximum atomic E-state index is 12.4. The number of nitrogens with zero attached hydrogens (tertiary/aromatic N) is 2. The van der Waals surface area contributed by atoms with Crippen LogP contribution < -0.4 is 5.32 Å². The lowest BCUT2D eigenvalue weighted by atomic mass is 10.0. The summed E-state index contributed by atoms with van der Waals surface area (Å²) in [6, 6.07) is 13.3. The molecule has 2 aliphatic rings. The van der Waals surface area contributed by atoms with Crippen molar-refractivity contribution in [2.45, 2.75) is 44.8 Å². The van der Waals surface area contributed by atoms with E-state index in [-0.39, 0.29) is 5.91 Å². The zero-order valence-electron chi connectivity index (χ0n) is 14.7. The summed E-state index contributed by atoms with van der Waals surface area (Å²) in [6.07, 6.45) is 6.53. The van der Waals surface area contributed by atoms with Crippen LogP contribution in [0, 0.1) is 12.8 Å². The number of hydrogen-bond acceptors (Lipinski definition) is 3. The first-order valence-electron chi connectivity index (χ1n) is 9.15. The van der Waals surface area contributed by atoms with Crippen molar-refractivity contribution in [3.05, 3.63) is 65.5 Å². The molecule has 0 radical (unpaired) electrons. The number of fused-ring (bicyclic) bond motifs is 2. The van der Waals surface area contributed by atoms with E-state index >= 15 is 0 Å². The summed E-state index contributed by atoms with van der Waals surface area (Å²) >= 11 is 0. The van der Waals surface area contributed by atoms with Crippen LogP contribution in [0.2, 0.25) is 0 Å². The molecule has 4 rings (SSSR count). The number of carbonyl (C=O) groups is 1. The first-order valence-corrected chi connectivity index (χ1v) is 9.15. The fraction of sp³-hybridized carbons (Fsp3) is 0.429. The van der Waals surface area contributed by atoms with Crippen molar-refractivity contribution in [3.8, 4) is 0 Å². The molecular weight excluding hydrogens is 310 g/mol. The van der Waals surface area contributed by atoms with Crippen molar-refractivity contribution in [1.29, 1.82) is 0 Å². The molecule has 1 aliphatic carbocycles. The van der Waals surface area contributed by atoms with Crippen molar-refractivity contribution in [1.82, 2.24) is 15.2 Å². The van der Waals surface area contributed by atoms with Crippen LogP contribution in [0.1, 0.15) is 29.5 Å². The Morgan fingerprint density at radius 2 is 2.04 bits per heavy atom. The lowest BCUT2D eigenvalue weighted by Crippen LogP contribution is -2.46. The monoisotopic (exact) mass is 335 g/mol. The SMILES string of the molecule is Cc1ccc(CC(=O)N[C@H]2C[C@H]3C[C@H]2CN3Cc2cccnc2)cc1. The maximum Gasteiger partial charge on any atom is 0.224 e. The van der Waals surface area contributed by atoms with Crippen molar-refractivity contribution in [2.24, 2.45) is 5.92 Å². The van der Waals surface area contributed by atoms with Crippen LogP contribution in [0.5, 0.6) is 0 Å². The first-order chi connectivity index (χ1) is 12.2. The number of aryl methyl sites for hydroxylation is 1. The van der Waals surface area contributed by atoms with Gasteiger partial charge in [-0.05, 0) is 42.9 Å². The maximum absolute atomic E-state index is 12.4. The standard InChI is InChI=1S/C21H25N3O/c1-15-4-6-16(7-5-15)9-21(25)23-20-11-19-10-18(20)14-24(19)13-17-3-2-8-22-12-17/h2-8,12,18-20H,9-11,13-14H2,1H3,(H,23,25)/t18-,19+,20-/m0/s1. The molecular formula is C21H25N3O. The molecule has 1 aromatic heterocycles. The van der Waals surface area contributed by atoms with Gasteiger partial charge in [0.05, 0.1) is 6.42 Å². The summed E-state index contributed by atoms with van der Waals surface area (Å²) in [4.78, 5) is 19.1. The molecule has 3 atom stereocenters. The summed E-state index contributed by atoms with van der Waals surface area (Å²) < 4.78 is 0. The summed E-state index contributed by atoms with van der Waals surface area (Å²) in [5.74, 6) is 0.740. The second-order valence-electron chi connectivity index (χ2n) is 7.51. The van der Waals surface area contributed by atoms with Gasteiger partial charge < -0.3 is 5.32 Å². The Kier molecular flexibility index (Phi) is 4.53. The third-order valence-corrected chi connectivity index (χ3v) is 5.60. The van der Waals surface area contributed by atoms with Gasteiger partial charge in [-0.2, -0.15) is 0 Å². The van der Waals surface area contributed by atoms with Gasteiger partial charge in [-0.15, -0.1) is 0 Å². The van der Waals surface area contributed by atoms with Gasteiger partial charge in [0.2, 0.25) is 5.91 Å². The average molecular weight is 335 g/mol. The summed E-state index contributed by atoms with van der Waals surface area (Å²) in [6.45, 7) is 4.12. The van der Waals surface area contributed by atoms with Crippen LogP contribution in [0.3, 0.4) is 0 Å². The summed E-state index contributed by atoms with van der Waals surface area (Å²) in [7, 11) is 0. The second-order valence-corrected chi connectivity index (χ2v) is 7.51. The third-order valence-electron chi connectivity index (χ3n) is 5.60. The minimum absolute atomic E-state index is 0.153. The van der Waals surface area contributed by atoms with E-state index < -0.39 is 0 Å². The molecule has 1 aromatic carbocycles. The summed E-state index contributed by atoms with van der Waals surface area (Å²) in [5, 5.41) is 3.28. The predicted octanol–water partition coefficient (Wildman–Crippen LogP) is 2.71. The summed E-state index contributed by atoms with van der Waals surface area (Å²) in [5.41, 5.74) is 3.59. The number of likely N-dealkylation sites (tertiary alicyclic amines) is 1. The molecule has 1 amide bonds. The number of piperidine rings is 1. The number of benzene rings is 1. The highest BCUT2D eigenvalue weighted by molar-refractivity contribution is 5.79. The van der Waals surface area contributed by atoms with E-state index in [4.69, 9.17) is 0 Å². The molecule has 130 valence electrons. The Bertz CT molecular complexity index is 729. The van der Waals surface area contributed by atoms with Gasteiger partial charge in [-0.25, -0.2) is 0 Å². The molecule has 25 heavy (non-hydrogen) atoms. The Labute approximate surface area is 149 Å². The number of amides is 1. The van der Waals surface area contributed by atoms with Gasteiger partial charge in [0, 0.05) is 37.6 Å². The van der Waals surface area contributed by atoms with Gasteiger partial charge in [0.1, 0.15) is 0 Å². The molecule has 1 saturated heterocycles. The number of aromatic nitrogens is 1. The number of rotatable bonds is 5. The lowest BCUT2D eigenvalue weighted by Gasteiger charge is -2.32. The molecule has 2 fully saturated rings. The molecule has 0 spiro atoms. The van der Waals surface area contributed by atoms with Crippen LogP contribution in [-0.4, -0.2) is 34.4 Å². The highest BCUT2D eigenvalue weighted by atomic mass is 16.1. The quantitative estimate of drug-likeness (QED) is 0.914. The van der Waals surface area contributed by atoms with Crippen LogP contribution in [0.25, 0.3) is 0 Å². The van der Waals surface area contributed by atoms with Crippen LogP contribution in [0.15, 0.2) is 48.8 Å². The molecule has 1 aliphatic heterocycles. The van der Waals surface area contributed by atoms with E-state index in [1.165, 1.54) is 17.5 Å². The number of pyridine rings is 1. The number of hydrogen-bond donors (Lipinski definition) is 1. The Morgan fingerprint density at radius 1 is 1.20 bits per heavy atom. The Morgan fingerprint density at radius 3 is 2.72 bits per heavy atom. The molecule has 1 N–H and O–H groups in total. The fourth-order valence-corrected chi connectivity index (χ4v) is 4.29. The topological polar surface area (TPSA) is 45.2 Å². The van der Waals surface area contributed by atoms with Gasteiger partial charge >= 0.3 is 0 Å². The normalized spacial score (nSPS) is 25.2. The predicted molar refractivity (Wildman–Crippen MR) is 98.0 cm³/mol. The third kappa shape index (κ3) is 3.74. The minimum atomic E-state index is 0.153. The van der Waals surface area contributed by atoms with E-state index in [0.717, 1.165) is 25.1 Å². The van der Waals surface area contributed by atoms with E-state index in [0.29, 0.717) is 24.4 Å². The van der Waals surface area contributed by atoms with Crippen molar-refractivity contribution in [2.75, 3.05) is 6.54 Å². The number of carbonyl (C=O) groups excluding carboxylic acids is 1. The van der Waals surface area contributed by atoms with E-state index in [9.17, 15) is 4.79 Å². The first kappa shape index (κ1) is 16.3. The molecule has 1 saturated carbocycles. The van der Waals surface area contributed by atoms with Crippen LogP contribution in [0.4, 0.5) is 0 Å². The van der Waals surface area contributed by atoms with E-state index in [1.807, 2.05) is 30.6 Å². The van der Waals surface area contributed by atoms with Gasteiger partial charge in [0.15, 0.2) is 0 Å². The molecule has 2 heterocycles. The van der Waals surface area contributed by atoms with Gasteiger partial charge in [0.25, 0.3) is 0 Å². The Hall–Kier alpha value is -2.20. The zero-order valence-corrected chi connectivity index (χ0v) is 14.7. The number of nitrogens with one attached hydrogen (secondary N) is 1.